The third-order valence-corrected chi connectivity index (χ3v) is 1.93. The average Bonchev–Trinajstić information content (AvgIpc) is 2.17. The molecule has 1 rings (SSSR count). The number of hydrogen-bond acceptors (Lipinski definition) is 4. The number of nitro groups is 1. The van der Waals surface area contributed by atoms with E-state index in [0.29, 0.717) is 11.4 Å². The normalized spacial score (nSPS) is 9.67. The van der Waals surface area contributed by atoms with Crippen LogP contribution in [0.5, 0.6) is 0 Å². The van der Waals surface area contributed by atoms with Gasteiger partial charge < -0.3 is 5.32 Å². The number of anilines is 1. The zero-order chi connectivity index (χ0) is 11.3. The predicted molar refractivity (Wildman–Crippen MR) is 58.9 cm³/mol. The van der Waals surface area contributed by atoms with Crippen LogP contribution in [0, 0.1) is 17.0 Å². The topological polar surface area (TPSA) is 68.1 Å². The SMILES string of the molecule is C=CCCNc1cc(C)c([N+](=O)[O-])cn1. The minimum atomic E-state index is -0.435. The Balaban J connectivity index is 2.73. The molecule has 15 heavy (non-hydrogen) atoms. The number of nitrogens with zero attached hydrogens (tertiary/aromatic N) is 2. The molecule has 0 amide bonds. The van der Waals surface area contributed by atoms with E-state index in [4.69, 9.17) is 0 Å². The molecule has 1 N–H and O–H groups in total. The zero-order valence-corrected chi connectivity index (χ0v) is 8.56. The minimum Gasteiger partial charge on any atom is -0.370 e. The maximum atomic E-state index is 10.5. The van der Waals surface area contributed by atoms with E-state index in [0.717, 1.165) is 13.0 Å². The van der Waals surface area contributed by atoms with E-state index in [-0.39, 0.29) is 5.69 Å². The van der Waals surface area contributed by atoms with E-state index >= 15 is 0 Å². The molecule has 0 radical (unpaired) electrons. The fourth-order valence-corrected chi connectivity index (χ4v) is 1.14. The Kier molecular flexibility index (Phi) is 3.79. The van der Waals surface area contributed by atoms with Crippen LogP contribution < -0.4 is 5.32 Å². The Labute approximate surface area is 88.0 Å². The van der Waals surface area contributed by atoms with Crippen molar-refractivity contribution in [2.75, 3.05) is 11.9 Å². The lowest BCUT2D eigenvalue weighted by atomic mass is 10.2. The molecule has 0 aliphatic carbocycles. The van der Waals surface area contributed by atoms with Crippen LogP contribution in [0.15, 0.2) is 24.9 Å². The van der Waals surface area contributed by atoms with Crippen LogP contribution in [0.25, 0.3) is 0 Å². The van der Waals surface area contributed by atoms with Crippen molar-refractivity contribution in [3.8, 4) is 0 Å². The lowest BCUT2D eigenvalue weighted by Gasteiger charge is -2.04. The average molecular weight is 207 g/mol. The molecule has 1 heterocycles. The highest BCUT2D eigenvalue weighted by Gasteiger charge is 2.10. The van der Waals surface area contributed by atoms with Crippen LogP contribution >= 0.6 is 0 Å². The van der Waals surface area contributed by atoms with Gasteiger partial charge in [-0.05, 0) is 19.4 Å². The quantitative estimate of drug-likeness (QED) is 0.348. The first kappa shape index (κ1) is 11.2. The Morgan fingerprint density at radius 3 is 3.00 bits per heavy atom. The van der Waals surface area contributed by atoms with E-state index in [2.05, 4.69) is 16.9 Å². The summed E-state index contributed by atoms with van der Waals surface area (Å²) >= 11 is 0. The van der Waals surface area contributed by atoms with E-state index in [1.807, 2.05) is 0 Å². The first-order valence-electron chi connectivity index (χ1n) is 4.61. The van der Waals surface area contributed by atoms with Gasteiger partial charge in [-0.25, -0.2) is 4.98 Å². The maximum absolute atomic E-state index is 10.5. The Morgan fingerprint density at radius 2 is 2.47 bits per heavy atom. The molecule has 0 atom stereocenters. The molecule has 80 valence electrons. The monoisotopic (exact) mass is 207 g/mol. The smallest absolute Gasteiger partial charge is 0.290 e. The maximum Gasteiger partial charge on any atom is 0.290 e. The number of aryl methyl sites for hydroxylation is 1. The second-order valence-electron chi connectivity index (χ2n) is 3.12. The largest absolute Gasteiger partial charge is 0.370 e. The summed E-state index contributed by atoms with van der Waals surface area (Å²) in [5, 5.41) is 13.6. The van der Waals surface area contributed by atoms with Crippen molar-refractivity contribution >= 4 is 11.5 Å². The fourth-order valence-electron chi connectivity index (χ4n) is 1.14. The van der Waals surface area contributed by atoms with Gasteiger partial charge in [0.25, 0.3) is 5.69 Å². The molecule has 0 aromatic carbocycles. The minimum absolute atomic E-state index is 0.0456. The summed E-state index contributed by atoms with van der Waals surface area (Å²) in [5.41, 5.74) is 0.653. The van der Waals surface area contributed by atoms with Gasteiger partial charge in [-0.1, -0.05) is 6.08 Å². The molecular weight excluding hydrogens is 194 g/mol. The van der Waals surface area contributed by atoms with E-state index < -0.39 is 4.92 Å². The standard InChI is InChI=1S/C10H13N3O2/c1-3-4-5-11-10-6-8(2)9(7-12-10)13(14)15/h3,6-7H,1,4-5H2,2H3,(H,11,12). The van der Waals surface area contributed by atoms with Gasteiger partial charge >= 0.3 is 0 Å². The molecule has 5 heteroatoms. The summed E-state index contributed by atoms with van der Waals surface area (Å²) < 4.78 is 0. The molecule has 0 aliphatic heterocycles. The molecule has 5 nitrogen and oxygen atoms in total. The Hall–Kier alpha value is -1.91. The first-order valence-corrected chi connectivity index (χ1v) is 4.61. The fraction of sp³-hybridized carbons (Fsp3) is 0.300. The lowest BCUT2D eigenvalue weighted by Crippen LogP contribution is -2.03. The number of aromatic nitrogens is 1. The Bertz CT molecular complexity index is 377. The van der Waals surface area contributed by atoms with E-state index in [9.17, 15) is 10.1 Å². The van der Waals surface area contributed by atoms with Gasteiger partial charge in [-0.3, -0.25) is 10.1 Å². The molecule has 0 saturated carbocycles. The van der Waals surface area contributed by atoms with Crippen molar-refractivity contribution in [3.63, 3.8) is 0 Å². The molecule has 0 bridgehead atoms. The summed E-state index contributed by atoms with van der Waals surface area (Å²) in [6, 6.07) is 1.67. The van der Waals surface area contributed by atoms with Crippen molar-refractivity contribution in [1.29, 1.82) is 0 Å². The number of hydrogen-bond donors (Lipinski definition) is 1. The third kappa shape index (κ3) is 3.05. The first-order chi connectivity index (χ1) is 7.15. The van der Waals surface area contributed by atoms with Gasteiger partial charge in [0.1, 0.15) is 12.0 Å². The van der Waals surface area contributed by atoms with Gasteiger partial charge in [-0.2, -0.15) is 0 Å². The van der Waals surface area contributed by atoms with Crippen molar-refractivity contribution in [1.82, 2.24) is 4.98 Å². The molecule has 0 fully saturated rings. The van der Waals surface area contributed by atoms with Crippen LogP contribution in [0.4, 0.5) is 11.5 Å². The van der Waals surface area contributed by atoms with Gasteiger partial charge in [0.05, 0.1) is 4.92 Å². The number of nitrogens with one attached hydrogen (secondary N) is 1. The van der Waals surface area contributed by atoms with Crippen LogP contribution in [0.1, 0.15) is 12.0 Å². The molecule has 1 aromatic heterocycles. The lowest BCUT2D eigenvalue weighted by molar-refractivity contribution is -0.385. The van der Waals surface area contributed by atoms with Crippen LogP contribution in [0.3, 0.4) is 0 Å². The summed E-state index contributed by atoms with van der Waals surface area (Å²) in [5.74, 6) is 0.653. The second kappa shape index (κ2) is 5.09. The zero-order valence-electron chi connectivity index (χ0n) is 8.56. The van der Waals surface area contributed by atoms with Crippen molar-refractivity contribution in [2.45, 2.75) is 13.3 Å². The third-order valence-electron chi connectivity index (χ3n) is 1.93. The molecular formula is C10H13N3O2. The Morgan fingerprint density at radius 1 is 1.73 bits per heavy atom. The second-order valence-corrected chi connectivity index (χ2v) is 3.12. The molecule has 0 unspecified atom stereocenters. The van der Waals surface area contributed by atoms with Crippen LogP contribution in [-0.2, 0) is 0 Å². The van der Waals surface area contributed by atoms with Crippen molar-refractivity contribution in [2.24, 2.45) is 0 Å². The van der Waals surface area contributed by atoms with Gasteiger partial charge in [0, 0.05) is 12.1 Å². The van der Waals surface area contributed by atoms with E-state index in [1.165, 1.54) is 6.20 Å². The molecule has 1 aromatic rings. The van der Waals surface area contributed by atoms with E-state index in [1.54, 1.807) is 19.1 Å². The molecule has 0 aliphatic rings. The van der Waals surface area contributed by atoms with Gasteiger partial charge in [-0.15, -0.1) is 6.58 Å². The van der Waals surface area contributed by atoms with Crippen molar-refractivity contribution < 1.29 is 4.92 Å². The summed E-state index contributed by atoms with van der Waals surface area (Å²) in [4.78, 5) is 14.0. The van der Waals surface area contributed by atoms with Crippen molar-refractivity contribution in [3.05, 3.63) is 40.6 Å². The highest BCUT2D eigenvalue weighted by Crippen LogP contribution is 2.18. The summed E-state index contributed by atoms with van der Waals surface area (Å²) in [7, 11) is 0. The van der Waals surface area contributed by atoms with Crippen LogP contribution in [0.2, 0.25) is 0 Å². The molecule has 0 saturated heterocycles. The number of rotatable bonds is 5. The summed E-state index contributed by atoms with van der Waals surface area (Å²) in [6.07, 6.45) is 3.90. The highest BCUT2D eigenvalue weighted by molar-refractivity contribution is 5.46. The van der Waals surface area contributed by atoms with Gasteiger partial charge in [0.15, 0.2) is 0 Å². The number of pyridine rings is 1. The predicted octanol–water partition coefficient (Wildman–Crippen LogP) is 2.29. The molecule has 0 spiro atoms. The summed E-state index contributed by atoms with van der Waals surface area (Å²) in [6.45, 7) is 6.02. The highest BCUT2D eigenvalue weighted by atomic mass is 16.6. The van der Waals surface area contributed by atoms with Gasteiger partial charge in [0.2, 0.25) is 0 Å². The van der Waals surface area contributed by atoms with Crippen LogP contribution in [-0.4, -0.2) is 16.5 Å².